The molecule has 0 aliphatic carbocycles. The van der Waals surface area contributed by atoms with Crippen LogP contribution in [0.2, 0.25) is 0 Å². The van der Waals surface area contributed by atoms with Gasteiger partial charge in [-0.05, 0) is 36.6 Å². The highest BCUT2D eigenvalue weighted by Crippen LogP contribution is 2.25. The number of methoxy groups -OCH3 is 1. The van der Waals surface area contributed by atoms with Crippen LogP contribution in [0.4, 0.5) is 0 Å². The number of aromatic amines is 2. The Bertz CT molecular complexity index is 1010. The van der Waals surface area contributed by atoms with Crippen molar-refractivity contribution in [2.24, 2.45) is 5.92 Å². The van der Waals surface area contributed by atoms with Gasteiger partial charge in [0, 0.05) is 29.6 Å². The van der Waals surface area contributed by atoms with Crippen molar-refractivity contribution in [2.75, 3.05) is 12.9 Å². The lowest BCUT2D eigenvalue weighted by Gasteiger charge is -2.11. The zero-order valence-corrected chi connectivity index (χ0v) is 16.9. The maximum Gasteiger partial charge on any atom is 0.325 e. The summed E-state index contributed by atoms with van der Waals surface area (Å²) in [6.07, 6.45) is 1.35. The van der Waals surface area contributed by atoms with Gasteiger partial charge in [0.25, 0.3) is 5.56 Å². The van der Waals surface area contributed by atoms with Crippen molar-refractivity contribution in [3.05, 3.63) is 62.7 Å². The summed E-state index contributed by atoms with van der Waals surface area (Å²) >= 11 is 1.64. The first-order chi connectivity index (χ1) is 13.5. The highest BCUT2D eigenvalue weighted by atomic mass is 32.2. The Morgan fingerprint density at radius 1 is 1.14 bits per heavy atom. The fraction of sp³-hybridized carbons (Fsp3) is 0.368. The number of rotatable bonds is 8. The maximum absolute atomic E-state index is 11.6. The fourth-order valence-corrected chi connectivity index (χ4v) is 3.88. The van der Waals surface area contributed by atoms with Crippen LogP contribution in [0.15, 0.2) is 45.1 Å². The van der Waals surface area contributed by atoms with Crippen molar-refractivity contribution in [3.8, 4) is 11.4 Å². The molecular formula is C19H23N5O3S. The molecule has 2 N–H and O–H groups in total. The van der Waals surface area contributed by atoms with E-state index in [1.54, 1.807) is 18.9 Å². The number of benzene rings is 1. The highest BCUT2D eigenvalue weighted by molar-refractivity contribution is 7.99. The molecule has 2 aromatic heterocycles. The first-order valence-corrected chi connectivity index (χ1v) is 9.99. The van der Waals surface area contributed by atoms with Crippen LogP contribution in [0.1, 0.15) is 31.8 Å². The summed E-state index contributed by atoms with van der Waals surface area (Å²) in [4.78, 5) is 28.0. The van der Waals surface area contributed by atoms with Gasteiger partial charge in [0.15, 0.2) is 5.16 Å². The second-order valence-corrected chi connectivity index (χ2v) is 7.82. The molecule has 3 aromatic rings. The SMILES string of the molecule is COc1ccc(-n2c(Cc3cc(=O)[nH]c(=O)[nH]3)nnc2SCCC(C)C)cc1. The van der Waals surface area contributed by atoms with Gasteiger partial charge in [-0.3, -0.25) is 14.3 Å². The third kappa shape index (κ3) is 4.92. The van der Waals surface area contributed by atoms with Crippen molar-refractivity contribution in [1.82, 2.24) is 24.7 Å². The number of nitrogens with one attached hydrogen (secondary N) is 2. The Balaban J connectivity index is 1.97. The van der Waals surface area contributed by atoms with E-state index in [1.807, 2.05) is 28.8 Å². The largest absolute Gasteiger partial charge is 0.497 e. The fourth-order valence-electron chi connectivity index (χ4n) is 2.67. The van der Waals surface area contributed by atoms with E-state index in [4.69, 9.17) is 4.74 Å². The van der Waals surface area contributed by atoms with Gasteiger partial charge in [-0.25, -0.2) is 4.79 Å². The lowest BCUT2D eigenvalue weighted by atomic mass is 10.2. The van der Waals surface area contributed by atoms with E-state index in [9.17, 15) is 9.59 Å². The van der Waals surface area contributed by atoms with E-state index < -0.39 is 11.2 Å². The minimum atomic E-state index is -0.537. The lowest BCUT2D eigenvalue weighted by molar-refractivity contribution is 0.414. The number of hydrogen-bond donors (Lipinski definition) is 2. The molecule has 9 heteroatoms. The van der Waals surface area contributed by atoms with Crippen LogP contribution in [-0.2, 0) is 6.42 Å². The Hall–Kier alpha value is -2.81. The number of ether oxygens (including phenoxy) is 1. The Morgan fingerprint density at radius 3 is 2.54 bits per heavy atom. The highest BCUT2D eigenvalue weighted by Gasteiger charge is 2.16. The molecule has 1 aromatic carbocycles. The zero-order chi connectivity index (χ0) is 20.1. The van der Waals surface area contributed by atoms with Crippen LogP contribution in [-0.4, -0.2) is 37.6 Å². The predicted octanol–water partition coefficient (Wildman–Crippen LogP) is 2.38. The molecule has 28 heavy (non-hydrogen) atoms. The second-order valence-electron chi connectivity index (χ2n) is 6.75. The quantitative estimate of drug-likeness (QED) is 0.562. The van der Waals surface area contributed by atoms with E-state index in [1.165, 1.54) is 6.07 Å². The molecule has 8 nitrogen and oxygen atoms in total. The van der Waals surface area contributed by atoms with Gasteiger partial charge in [-0.15, -0.1) is 10.2 Å². The summed E-state index contributed by atoms with van der Waals surface area (Å²) in [5.74, 6) is 2.92. The van der Waals surface area contributed by atoms with Crippen LogP contribution in [0.5, 0.6) is 5.75 Å². The minimum absolute atomic E-state index is 0.281. The van der Waals surface area contributed by atoms with Gasteiger partial charge < -0.3 is 9.72 Å². The van der Waals surface area contributed by atoms with Crippen molar-refractivity contribution in [3.63, 3.8) is 0 Å². The van der Waals surface area contributed by atoms with Crippen LogP contribution in [0.25, 0.3) is 5.69 Å². The summed E-state index contributed by atoms with van der Waals surface area (Å²) in [5, 5.41) is 9.43. The molecule has 0 radical (unpaired) electrons. The maximum atomic E-state index is 11.6. The number of thioether (sulfide) groups is 1. The molecule has 0 unspecified atom stereocenters. The van der Waals surface area contributed by atoms with Crippen LogP contribution in [0.3, 0.4) is 0 Å². The molecule has 0 amide bonds. The molecule has 0 saturated heterocycles. The monoisotopic (exact) mass is 401 g/mol. The standard InChI is InChI=1S/C19H23N5O3S/c1-12(2)8-9-28-19-23-22-16(10-13-11-17(25)21-18(26)20-13)24(19)14-4-6-15(27-3)7-5-14/h4-7,11-12H,8-10H2,1-3H3,(H2,20,21,25,26). The third-order valence-electron chi connectivity index (χ3n) is 4.12. The van der Waals surface area contributed by atoms with Crippen LogP contribution in [0, 0.1) is 5.92 Å². The average Bonchev–Trinajstić information content (AvgIpc) is 3.03. The molecule has 148 valence electrons. The average molecular weight is 401 g/mol. The molecular weight excluding hydrogens is 378 g/mol. The summed E-state index contributed by atoms with van der Waals surface area (Å²) in [6, 6.07) is 8.96. The van der Waals surface area contributed by atoms with Crippen molar-refractivity contribution in [1.29, 1.82) is 0 Å². The second kappa shape index (κ2) is 8.92. The zero-order valence-electron chi connectivity index (χ0n) is 16.1. The van der Waals surface area contributed by atoms with E-state index in [0.717, 1.165) is 28.8 Å². The van der Waals surface area contributed by atoms with Gasteiger partial charge >= 0.3 is 5.69 Å². The van der Waals surface area contributed by atoms with Gasteiger partial charge in [0.05, 0.1) is 7.11 Å². The normalized spacial score (nSPS) is 11.1. The molecule has 0 bridgehead atoms. The van der Waals surface area contributed by atoms with E-state index in [0.29, 0.717) is 17.4 Å². The Kier molecular flexibility index (Phi) is 6.35. The van der Waals surface area contributed by atoms with Gasteiger partial charge in [0.2, 0.25) is 0 Å². The van der Waals surface area contributed by atoms with Crippen LogP contribution >= 0.6 is 11.8 Å². The van der Waals surface area contributed by atoms with Crippen molar-refractivity contribution < 1.29 is 4.74 Å². The predicted molar refractivity (Wildman–Crippen MR) is 109 cm³/mol. The lowest BCUT2D eigenvalue weighted by Crippen LogP contribution is -2.23. The summed E-state index contributed by atoms with van der Waals surface area (Å²) in [6.45, 7) is 4.37. The molecule has 0 atom stereocenters. The molecule has 0 saturated carbocycles. The summed E-state index contributed by atoms with van der Waals surface area (Å²) < 4.78 is 7.18. The molecule has 2 heterocycles. The third-order valence-corrected chi connectivity index (χ3v) is 5.08. The van der Waals surface area contributed by atoms with E-state index in [2.05, 4.69) is 34.0 Å². The first kappa shape index (κ1) is 19.9. The number of H-pyrrole nitrogens is 2. The number of nitrogens with zero attached hydrogens (tertiary/aromatic N) is 3. The van der Waals surface area contributed by atoms with Gasteiger partial charge in [0.1, 0.15) is 11.6 Å². The Morgan fingerprint density at radius 2 is 1.89 bits per heavy atom. The first-order valence-electron chi connectivity index (χ1n) is 9.00. The topological polar surface area (TPSA) is 106 Å². The molecule has 0 aliphatic heterocycles. The van der Waals surface area contributed by atoms with Gasteiger partial charge in [-0.2, -0.15) is 0 Å². The minimum Gasteiger partial charge on any atom is -0.497 e. The van der Waals surface area contributed by atoms with E-state index in [-0.39, 0.29) is 6.42 Å². The smallest absolute Gasteiger partial charge is 0.325 e. The van der Waals surface area contributed by atoms with Crippen molar-refractivity contribution in [2.45, 2.75) is 31.8 Å². The van der Waals surface area contributed by atoms with Crippen molar-refractivity contribution >= 4 is 11.8 Å². The summed E-state index contributed by atoms with van der Waals surface area (Å²) in [5.41, 5.74) is 0.389. The van der Waals surface area contributed by atoms with E-state index >= 15 is 0 Å². The summed E-state index contributed by atoms with van der Waals surface area (Å²) in [7, 11) is 1.62. The number of aromatic nitrogens is 5. The van der Waals surface area contributed by atoms with Crippen LogP contribution < -0.4 is 16.0 Å². The number of hydrogen-bond acceptors (Lipinski definition) is 6. The molecule has 3 rings (SSSR count). The molecule has 0 aliphatic rings. The van der Waals surface area contributed by atoms with Gasteiger partial charge in [-0.1, -0.05) is 25.6 Å². The molecule has 0 spiro atoms. The molecule has 0 fully saturated rings. The Labute approximate surface area is 166 Å².